The molecule has 0 saturated carbocycles. The molecule has 2 aliphatic heterocycles. The van der Waals surface area contributed by atoms with E-state index in [0.29, 0.717) is 16.9 Å². The van der Waals surface area contributed by atoms with Gasteiger partial charge in [-0.1, -0.05) is 11.6 Å². The molecule has 4 nitrogen and oxygen atoms in total. The fourth-order valence-electron chi connectivity index (χ4n) is 2.31. The third-order valence-electron chi connectivity index (χ3n) is 3.30. The van der Waals surface area contributed by atoms with Gasteiger partial charge in [0, 0.05) is 18.7 Å². The number of ether oxygens (including phenoxy) is 3. The molecule has 1 fully saturated rings. The van der Waals surface area contributed by atoms with Crippen molar-refractivity contribution < 1.29 is 14.2 Å². The summed E-state index contributed by atoms with van der Waals surface area (Å²) < 4.78 is 16.4. The Morgan fingerprint density at radius 3 is 2.78 bits per heavy atom. The topological polar surface area (TPSA) is 39.7 Å². The van der Waals surface area contributed by atoms with Crippen molar-refractivity contribution in [3.8, 4) is 11.5 Å². The number of hydrogen-bond donors (Lipinski definition) is 1. The highest BCUT2D eigenvalue weighted by Crippen LogP contribution is 2.39. The molecule has 0 radical (unpaired) electrons. The van der Waals surface area contributed by atoms with Crippen LogP contribution in [-0.4, -0.2) is 25.5 Å². The van der Waals surface area contributed by atoms with E-state index in [2.05, 4.69) is 12.2 Å². The molecule has 0 bridgehead atoms. The van der Waals surface area contributed by atoms with Gasteiger partial charge >= 0.3 is 0 Å². The summed E-state index contributed by atoms with van der Waals surface area (Å²) in [5.74, 6) is 1.44. The average molecular weight is 270 g/mol. The number of fused-ring (bicyclic) bond motifs is 1. The van der Waals surface area contributed by atoms with E-state index < -0.39 is 0 Å². The van der Waals surface area contributed by atoms with Crippen LogP contribution in [0.15, 0.2) is 12.1 Å². The van der Waals surface area contributed by atoms with Crippen LogP contribution in [0.5, 0.6) is 11.5 Å². The van der Waals surface area contributed by atoms with Crippen molar-refractivity contribution in [2.75, 3.05) is 18.7 Å². The zero-order chi connectivity index (χ0) is 12.5. The molecule has 1 aromatic carbocycles. The molecular weight excluding hydrogens is 254 g/mol. The number of hydrogen-bond acceptors (Lipinski definition) is 4. The van der Waals surface area contributed by atoms with Crippen molar-refractivity contribution in [1.82, 2.24) is 0 Å². The molecule has 3 rings (SSSR count). The van der Waals surface area contributed by atoms with Gasteiger partial charge in [-0.15, -0.1) is 0 Å². The molecule has 2 heterocycles. The van der Waals surface area contributed by atoms with Crippen LogP contribution in [0.3, 0.4) is 0 Å². The number of anilines is 1. The Morgan fingerprint density at radius 2 is 2.06 bits per heavy atom. The molecule has 0 spiro atoms. The highest BCUT2D eigenvalue weighted by atomic mass is 35.5. The van der Waals surface area contributed by atoms with Gasteiger partial charge in [-0.25, -0.2) is 0 Å². The Kier molecular flexibility index (Phi) is 3.22. The smallest absolute Gasteiger partial charge is 0.231 e. The van der Waals surface area contributed by atoms with Gasteiger partial charge < -0.3 is 19.5 Å². The third kappa shape index (κ3) is 2.35. The van der Waals surface area contributed by atoms with Gasteiger partial charge in [-0.05, 0) is 19.8 Å². The first-order valence-electron chi connectivity index (χ1n) is 6.21. The second-order valence-corrected chi connectivity index (χ2v) is 5.12. The first-order chi connectivity index (χ1) is 8.72. The Balaban J connectivity index is 1.66. The minimum absolute atomic E-state index is 0.262. The molecule has 1 N–H and O–H groups in total. The highest BCUT2D eigenvalue weighted by molar-refractivity contribution is 6.33. The molecule has 2 atom stereocenters. The Hall–Kier alpha value is -1.13. The summed E-state index contributed by atoms with van der Waals surface area (Å²) in [5.41, 5.74) is 0.865. The molecule has 1 aromatic rings. The van der Waals surface area contributed by atoms with Crippen LogP contribution >= 0.6 is 11.6 Å². The van der Waals surface area contributed by atoms with Crippen LogP contribution in [0, 0.1) is 0 Å². The minimum atomic E-state index is 0.262. The van der Waals surface area contributed by atoms with Crippen molar-refractivity contribution in [2.24, 2.45) is 0 Å². The highest BCUT2D eigenvalue weighted by Gasteiger charge is 2.22. The van der Waals surface area contributed by atoms with Crippen molar-refractivity contribution in [3.63, 3.8) is 0 Å². The number of rotatable bonds is 3. The van der Waals surface area contributed by atoms with Crippen LogP contribution in [0.1, 0.15) is 19.8 Å². The van der Waals surface area contributed by atoms with Crippen molar-refractivity contribution in [1.29, 1.82) is 0 Å². The van der Waals surface area contributed by atoms with Gasteiger partial charge in [0.25, 0.3) is 0 Å². The van der Waals surface area contributed by atoms with Gasteiger partial charge in [-0.2, -0.15) is 0 Å². The monoisotopic (exact) mass is 269 g/mol. The van der Waals surface area contributed by atoms with E-state index in [-0.39, 0.29) is 12.9 Å². The molecule has 0 aromatic heterocycles. The van der Waals surface area contributed by atoms with Gasteiger partial charge in [0.1, 0.15) is 0 Å². The lowest BCUT2D eigenvalue weighted by molar-refractivity contribution is 0.0637. The summed E-state index contributed by atoms with van der Waals surface area (Å²) in [5, 5.41) is 3.96. The summed E-state index contributed by atoms with van der Waals surface area (Å²) in [6.07, 6.45) is 2.85. The first-order valence-corrected chi connectivity index (χ1v) is 6.58. The predicted molar refractivity (Wildman–Crippen MR) is 69.6 cm³/mol. The van der Waals surface area contributed by atoms with Gasteiger partial charge in [0.2, 0.25) is 6.79 Å². The lowest BCUT2D eigenvalue weighted by Gasteiger charge is -2.14. The van der Waals surface area contributed by atoms with E-state index in [1.54, 1.807) is 6.07 Å². The summed E-state index contributed by atoms with van der Waals surface area (Å²) in [6, 6.07) is 3.66. The fraction of sp³-hybridized carbons (Fsp3) is 0.538. The van der Waals surface area contributed by atoms with E-state index in [4.69, 9.17) is 25.8 Å². The second-order valence-electron chi connectivity index (χ2n) is 4.71. The SMILES string of the molecule is CC1CCC(CNc2cc3c(cc2Cl)OCO3)O1. The zero-order valence-electron chi connectivity index (χ0n) is 10.2. The van der Waals surface area contributed by atoms with E-state index in [9.17, 15) is 0 Å². The fourth-order valence-corrected chi connectivity index (χ4v) is 2.53. The van der Waals surface area contributed by atoms with Crippen LogP contribution in [0.2, 0.25) is 5.02 Å². The van der Waals surface area contributed by atoms with Crippen LogP contribution < -0.4 is 14.8 Å². The summed E-state index contributed by atoms with van der Waals surface area (Å²) in [7, 11) is 0. The number of benzene rings is 1. The van der Waals surface area contributed by atoms with Gasteiger partial charge in [0.05, 0.1) is 22.9 Å². The standard InChI is InChI=1S/C13H16ClNO3/c1-8-2-3-9(18-8)6-15-11-5-13-12(4-10(11)14)16-7-17-13/h4-5,8-9,15H,2-3,6-7H2,1H3. The summed E-state index contributed by atoms with van der Waals surface area (Å²) in [6.45, 7) is 3.13. The molecule has 0 aliphatic carbocycles. The number of halogens is 1. The maximum absolute atomic E-state index is 6.18. The lowest BCUT2D eigenvalue weighted by Crippen LogP contribution is -2.19. The summed E-state index contributed by atoms with van der Waals surface area (Å²) >= 11 is 6.18. The average Bonchev–Trinajstić information content (AvgIpc) is 2.94. The molecule has 1 saturated heterocycles. The normalized spacial score (nSPS) is 25.4. The van der Waals surface area contributed by atoms with Crippen molar-refractivity contribution in [3.05, 3.63) is 17.2 Å². The van der Waals surface area contributed by atoms with Crippen molar-refractivity contribution >= 4 is 17.3 Å². The second kappa shape index (κ2) is 4.86. The van der Waals surface area contributed by atoms with Gasteiger partial charge in [-0.3, -0.25) is 0 Å². The van der Waals surface area contributed by atoms with Crippen LogP contribution in [0.25, 0.3) is 0 Å². The molecule has 5 heteroatoms. The number of nitrogens with one attached hydrogen (secondary N) is 1. The lowest BCUT2D eigenvalue weighted by atomic mass is 10.2. The third-order valence-corrected chi connectivity index (χ3v) is 3.62. The molecule has 98 valence electrons. The zero-order valence-corrected chi connectivity index (χ0v) is 11.0. The molecule has 0 amide bonds. The van der Waals surface area contributed by atoms with E-state index >= 15 is 0 Å². The largest absolute Gasteiger partial charge is 0.454 e. The maximum Gasteiger partial charge on any atom is 0.231 e. The van der Waals surface area contributed by atoms with Crippen molar-refractivity contribution in [2.45, 2.75) is 32.0 Å². The van der Waals surface area contributed by atoms with E-state index in [1.165, 1.54) is 0 Å². The van der Waals surface area contributed by atoms with Crippen LogP contribution in [-0.2, 0) is 4.74 Å². The molecular formula is C13H16ClNO3. The first kappa shape index (κ1) is 11.9. The van der Waals surface area contributed by atoms with Crippen LogP contribution in [0.4, 0.5) is 5.69 Å². The van der Waals surface area contributed by atoms with E-state index in [0.717, 1.165) is 30.8 Å². The Labute approximate surface area is 111 Å². The maximum atomic E-state index is 6.18. The minimum Gasteiger partial charge on any atom is -0.454 e. The quantitative estimate of drug-likeness (QED) is 0.916. The van der Waals surface area contributed by atoms with E-state index in [1.807, 2.05) is 6.07 Å². The molecule has 2 aliphatic rings. The Bertz CT molecular complexity index is 452. The Morgan fingerprint density at radius 1 is 1.28 bits per heavy atom. The van der Waals surface area contributed by atoms with Gasteiger partial charge in [0.15, 0.2) is 11.5 Å². The summed E-state index contributed by atoms with van der Waals surface area (Å²) in [4.78, 5) is 0. The predicted octanol–water partition coefficient (Wildman–Crippen LogP) is 3.05. The molecule has 2 unspecified atom stereocenters. The molecule has 18 heavy (non-hydrogen) atoms.